The predicted octanol–water partition coefficient (Wildman–Crippen LogP) is 1.77. The first-order valence-corrected chi connectivity index (χ1v) is 7.46. The van der Waals surface area contributed by atoms with E-state index in [4.69, 9.17) is 5.73 Å². The van der Waals surface area contributed by atoms with Crippen LogP contribution in [0.15, 0.2) is 39.9 Å². The summed E-state index contributed by atoms with van der Waals surface area (Å²) in [6.07, 6.45) is 1.91. The first-order valence-electron chi connectivity index (χ1n) is 7.46. The number of aromatic amines is 1. The van der Waals surface area contributed by atoms with Gasteiger partial charge in [-0.3, -0.25) is 14.3 Å². The van der Waals surface area contributed by atoms with Crippen molar-refractivity contribution in [1.82, 2.24) is 9.55 Å². The maximum absolute atomic E-state index is 12.0. The van der Waals surface area contributed by atoms with Crippen LogP contribution >= 0.6 is 0 Å². The van der Waals surface area contributed by atoms with Crippen molar-refractivity contribution in [1.29, 1.82) is 0 Å². The highest BCUT2D eigenvalue weighted by atomic mass is 16.2. The number of nitrogens with one attached hydrogen (secondary N) is 2. The third-order valence-corrected chi connectivity index (χ3v) is 3.54. The molecule has 1 unspecified atom stereocenters. The molecule has 0 spiro atoms. The van der Waals surface area contributed by atoms with Gasteiger partial charge in [-0.15, -0.1) is 0 Å². The van der Waals surface area contributed by atoms with Gasteiger partial charge in [0.05, 0.1) is 6.54 Å². The Balaban J connectivity index is 2.38. The lowest BCUT2D eigenvalue weighted by atomic mass is 10.2. The largest absolute Gasteiger partial charge is 0.383 e. The van der Waals surface area contributed by atoms with Gasteiger partial charge in [0.15, 0.2) is 0 Å². The van der Waals surface area contributed by atoms with E-state index < -0.39 is 11.2 Å². The monoisotopic (exact) mass is 302 g/mol. The molecule has 2 aromatic rings. The van der Waals surface area contributed by atoms with Gasteiger partial charge >= 0.3 is 5.69 Å². The quantitative estimate of drug-likeness (QED) is 0.758. The van der Waals surface area contributed by atoms with E-state index in [1.54, 1.807) is 0 Å². The molecule has 0 aliphatic rings. The molecule has 1 heterocycles. The molecule has 0 aliphatic carbocycles. The van der Waals surface area contributed by atoms with E-state index in [0.29, 0.717) is 6.54 Å². The molecule has 0 radical (unpaired) electrons. The van der Waals surface area contributed by atoms with Crippen LogP contribution in [0.4, 0.5) is 11.5 Å². The summed E-state index contributed by atoms with van der Waals surface area (Å²) in [5.41, 5.74) is 6.28. The number of aromatic nitrogens is 2. The van der Waals surface area contributed by atoms with Gasteiger partial charge in [-0.2, -0.15) is 0 Å². The minimum absolute atomic E-state index is 0.107. The Bertz CT molecular complexity index is 734. The summed E-state index contributed by atoms with van der Waals surface area (Å²) < 4.78 is 1.37. The van der Waals surface area contributed by atoms with Crippen LogP contribution in [-0.2, 0) is 6.54 Å². The number of anilines is 2. The van der Waals surface area contributed by atoms with Crippen molar-refractivity contribution in [3.63, 3.8) is 0 Å². The first kappa shape index (κ1) is 15.9. The molecular weight excluding hydrogens is 280 g/mol. The van der Waals surface area contributed by atoms with E-state index in [-0.39, 0.29) is 17.5 Å². The number of H-pyrrole nitrogens is 1. The summed E-state index contributed by atoms with van der Waals surface area (Å²) in [6.45, 7) is 4.37. The van der Waals surface area contributed by atoms with E-state index >= 15 is 0 Å². The van der Waals surface area contributed by atoms with E-state index in [9.17, 15) is 9.59 Å². The molecule has 118 valence electrons. The fraction of sp³-hybridized carbons (Fsp3) is 0.375. The number of nitrogens with zero attached hydrogens (tertiary/aromatic N) is 1. The van der Waals surface area contributed by atoms with Crippen molar-refractivity contribution in [3.05, 3.63) is 56.7 Å². The molecule has 1 aromatic heterocycles. The van der Waals surface area contributed by atoms with Crippen LogP contribution in [0.1, 0.15) is 32.3 Å². The van der Waals surface area contributed by atoms with E-state index in [1.807, 2.05) is 37.3 Å². The Morgan fingerprint density at radius 3 is 2.59 bits per heavy atom. The molecule has 6 nitrogen and oxygen atoms in total. The number of hydrogen-bond acceptors (Lipinski definition) is 4. The minimum atomic E-state index is -0.500. The van der Waals surface area contributed by atoms with E-state index in [2.05, 4.69) is 17.2 Å². The third kappa shape index (κ3) is 3.58. The standard InChI is InChI=1S/C16H22N4O2/c1-3-7-11(2)18-13-14(17)20(16(22)19-15(13)21)10-12-8-5-4-6-9-12/h4-6,8-9,11,18H,3,7,10,17H2,1-2H3,(H,19,21,22). The van der Waals surface area contributed by atoms with Crippen LogP contribution in [0.5, 0.6) is 0 Å². The highest BCUT2D eigenvalue weighted by Crippen LogP contribution is 2.14. The zero-order chi connectivity index (χ0) is 16.1. The van der Waals surface area contributed by atoms with E-state index in [0.717, 1.165) is 18.4 Å². The predicted molar refractivity (Wildman–Crippen MR) is 89.3 cm³/mol. The molecular formula is C16H22N4O2. The smallest absolute Gasteiger partial charge is 0.330 e. The molecule has 0 bridgehead atoms. The van der Waals surface area contributed by atoms with Crippen LogP contribution in [-0.4, -0.2) is 15.6 Å². The highest BCUT2D eigenvalue weighted by Gasteiger charge is 2.14. The second kappa shape index (κ2) is 6.98. The van der Waals surface area contributed by atoms with Crippen molar-refractivity contribution in [2.75, 3.05) is 11.1 Å². The maximum atomic E-state index is 12.0. The number of nitrogens with two attached hydrogens (primary N) is 1. The van der Waals surface area contributed by atoms with Crippen LogP contribution in [0.3, 0.4) is 0 Å². The van der Waals surface area contributed by atoms with Crippen molar-refractivity contribution in [2.45, 2.75) is 39.3 Å². The Morgan fingerprint density at radius 2 is 1.95 bits per heavy atom. The summed E-state index contributed by atoms with van der Waals surface area (Å²) in [5.74, 6) is 0.167. The normalized spacial score (nSPS) is 12.1. The van der Waals surface area contributed by atoms with Gasteiger partial charge in [-0.05, 0) is 18.9 Å². The Hall–Kier alpha value is -2.50. The number of rotatable bonds is 6. The summed E-state index contributed by atoms with van der Waals surface area (Å²) in [7, 11) is 0. The molecule has 2 rings (SSSR count). The molecule has 1 atom stereocenters. The number of nitrogen functional groups attached to an aromatic ring is 1. The van der Waals surface area contributed by atoms with Gasteiger partial charge in [0.25, 0.3) is 5.56 Å². The van der Waals surface area contributed by atoms with E-state index in [1.165, 1.54) is 4.57 Å². The third-order valence-electron chi connectivity index (χ3n) is 3.54. The maximum Gasteiger partial charge on any atom is 0.330 e. The molecule has 0 fully saturated rings. The van der Waals surface area contributed by atoms with Gasteiger partial charge in [-0.25, -0.2) is 4.79 Å². The Morgan fingerprint density at radius 1 is 1.27 bits per heavy atom. The zero-order valence-electron chi connectivity index (χ0n) is 12.9. The van der Waals surface area contributed by atoms with Gasteiger partial charge in [0.2, 0.25) is 0 Å². The molecule has 0 amide bonds. The lowest BCUT2D eigenvalue weighted by molar-refractivity contribution is 0.681. The fourth-order valence-electron chi connectivity index (χ4n) is 2.40. The van der Waals surface area contributed by atoms with Gasteiger partial charge in [0.1, 0.15) is 11.5 Å². The van der Waals surface area contributed by atoms with Crippen LogP contribution in [0, 0.1) is 0 Å². The minimum Gasteiger partial charge on any atom is -0.383 e. The molecule has 22 heavy (non-hydrogen) atoms. The molecule has 0 saturated carbocycles. The zero-order valence-corrected chi connectivity index (χ0v) is 12.9. The molecule has 1 aromatic carbocycles. The van der Waals surface area contributed by atoms with Gasteiger partial charge in [0, 0.05) is 6.04 Å². The highest BCUT2D eigenvalue weighted by molar-refractivity contribution is 5.61. The van der Waals surface area contributed by atoms with Crippen LogP contribution < -0.4 is 22.3 Å². The fourth-order valence-corrected chi connectivity index (χ4v) is 2.40. The molecule has 6 heteroatoms. The van der Waals surface area contributed by atoms with Crippen molar-refractivity contribution in [2.24, 2.45) is 0 Å². The average Bonchev–Trinajstić information content (AvgIpc) is 2.49. The summed E-state index contributed by atoms with van der Waals surface area (Å²) in [4.78, 5) is 26.3. The van der Waals surface area contributed by atoms with Crippen molar-refractivity contribution < 1.29 is 0 Å². The summed E-state index contributed by atoms with van der Waals surface area (Å²) >= 11 is 0. The van der Waals surface area contributed by atoms with Crippen LogP contribution in [0.2, 0.25) is 0 Å². The Labute approximate surface area is 129 Å². The summed E-state index contributed by atoms with van der Waals surface area (Å²) in [5, 5.41) is 3.10. The lowest BCUT2D eigenvalue weighted by Crippen LogP contribution is -2.35. The van der Waals surface area contributed by atoms with Crippen molar-refractivity contribution >= 4 is 11.5 Å². The molecule has 4 N–H and O–H groups in total. The molecule has 0 aliphatic heterocycles. The molecule has 0 saturated heterocycles. The topological polar surface area (TPSA) is 92.9 Å². The summed E-state index contributed by atoms with van der Waals surface area (Å²) in [6, 6.07) is 9.61. The van der Waals surface area contributed by atoms with Gasteiger partial charge < -0.3 is 11.1 Å². The average molecular weight is 302 g/mol. The lowest BCUT2D eigenvalue weighted by Gasteiger charge is -2.17. The number of hydrogen-bond donors (Lipinski definition) is 3. The Kier molecular flexibility index (Phi) is 5.04. The second-order valence-electron chi connectivity index (χ2n) is 5.43. The number of benzene rings is 1. The van der Waals surface area contributed by atoms with Crippen molar-refractivity contribution in [3.8, 4) is 0 Å². The second-order valence-corrected chi connectivity index (χ2v) is 5.43. The SMILES string of the molecule is CCCC(C)Nc1c(N)n(Cc2ccccc2)c(=O)[nH]c1=O. The van der Waals surface area contributed by atoms with Crippen LogP contribution in [0.25, 0.3) is 0 Å². The first-order chi connectivity index (χ1) is 10.5. The van der Waals surface area contributed by atoms with Gasteiger partial charge in [-0.1, -0.05) is 43.7 Å².